The Balaban J connectivity index is 1.55. The van der Waals surface area contributed by atoms with Crippen molar-refractivity contribution < 1.29 is 9.53 Å². The van der Waals surface area contributed by atoms with Gasteiger partial charge >= 0.3 is 0 Å². The zero-order valence-corrected chi connectivity index (χ0v) is 14.0. The van der Waals surface area contributed by atoms with Crippen LogP contribution in [0.15, 0.2) is 65.6 Å². The van der Waals surface area contributed by atoms with Crippen LogP contribution in [-0.4, -0.2) is 24.4 Å². The van der Waals surface area contributed by atoms with Crippen LogP contribution in [0.25, 0.3) is 11.6 Å². The lowest BCUT2D eigenvalue weighted by atomic mass is 9.91. The SMILES string of the molecule is CSc1cccc(NC(=O)C2C=C3c4ccccc4C=CC3O2)c1. The molecule has 2 atom stereocenters. The lowest BCUT2D eigenvalue weighted by Crippen LogP contribution is -2.28. The van der Waals surface area contributed by atoms with E-state index in [2.05, 4.69) is 23.5 Å². The average Bonchev–Trinajstić information content (AvgIpc) is 3.07. The number of carbonyl (C=O) groups is 1. The first-order chi connectivity index (χ1) is 11.7. The van der Waals surface area contributed by atoms with Gasteiger partial charge in [0.15, 0.2) is 6.10 Å². The van der Waals surface area contributed by atoms with Crippen molar-refractivity contribution >= 4 is 35.0 Å². The third-order valence-electron chi connectivity index (χ3n) is 4.25. The number of hydrogen-bond acceptors (Lipinski definition) is 3. The monoisotopic (exact) mass is 335 g/mol. The molecule has 4 rings (SSSR count). The standard InChI is InChI=1S/C20H17NO2S/c1-24-15-7-4-6-14(11-15)21-20(22)19-12-17-16-8-3-2-5-13(16)9-10-18(17)23-19/h2-12,18-19H,1H3,(H,21,22). The second-order valence-electron chi connectivity index (χ2n) is 5.77. The summed E-state index contributed by atoms with van der Waals surface area (Å²) in [4.78, 5) is 13.7. The molecule has 0 bridgehead atoms. The maximum Gasteiger partial charge on any atom is 0.257 e. The van der Waals surface area contributed by atoms with Crippen LogP contribution >= 0.6 is 11.8 Å². The Morgan fingerprint density at radius 1 is 1.17 bits per heavy atom. The quantitative estimate of drug-likeness (QED) is 0.853. The van der Waals surface area contributed by atoms with Crippen LogP contribution in [0.4, 0.5) is 5.69 Å². The zero-order valence-electron chi connectivity index (χ0n) is 13.2. The highest BCUT2D eigenvalue weighted by atomic mass is 32.2. The van der Waals surface area contributed by atoms with Gasteiger partial charge in [-0.05, 0) is 47.2 Å². The predicted molar refractivity (Wildman–Crippen MR) is 99.0 cm³/mol. The van der Waals surface area contributed by atoms with E-state index < -0.39 is 6.10 Å². The highest BCUT2D eigenvalue weighted by Crippen LogP contribution is 2.36. The lowest BCUT2D eigenvalue weighted by molar-refractivity contribution is -0.124. The number of ether oxygens (including phenoxy) is 1. The largest absolute Gasteiger partial charge is 0.352 e. The number of hydrogen-bond donors (Lipinski definition) is 1. The van der Waals surface area contributed by atoms with E-state index in [1.807, 2.05) is 54.8 Å². The Morgan fingerprint density at radius 2 is 2.04 bits per heavy atom. The first-order valence-corrected chi connectivity index (χ1v) is 9.07. The molecule has 0 saturated heterocycles. The van der Waals surface area contributed by atoms with Crippen molar-refractivity contribution in [1.29, 1.82) is 0 Å². The minimum Gasteiger partial charge on any atom is -0.352 e. The van der Waals surface area contributed by atoms with Crippen LogP contribution in [0.5, 0.6) is 0 Å². The molecule has 1 amide bonds. The third-order valence-corrected chi connectivity index (χ3v) is 4.97. The van der Waals surface area contributed by atoms with E-state index in [1.54, 1.807) is 11.8 Å². The van der Waals surface area contributed by atoms with Crippen molar-refractivity contribution in [2.24, 2.45) is 0 Å². The van der Waals surface area contributed by atoms with Crippen molar-refractivity contribution in [3.8, 4) is 0 Å². The number of amides is 1. The van der Waals surface area contributed by atoms with Gasteiger partial charge in [0, 0.05) is 10.6 Å². The van der Waals surface area contributed by atoms with Gasteiger partial charge in [-0.15, -0.1) is 11.8 Å². The molecule has 2 aromatic rings. The minimum absolute atomic E-state index is 0.138. The summed E-state index contributed by atoms with van der Waals surface area (Å²) >= 11 is 1.65. The molecular formula is C20H17NO2S. The van der Waals surface area contributed by atoms with E-state index in [-0.39, 0.29) is 12.0 Å². The number of carbonyl (C=O) groups excluding carboxylic acids is 1. The number of fused-ring (bicyclic) bond motifs is 3. The summed E-state index contributed by atoms with van der Waals surface area (Å²) in [5, 5.41) is 2.95. The van der Waals surface area contributed by atoms with E-state index in [1.165, 1.54) is 0 Å². The van der Waals surface area contributed by atoms with Gasteiger partial charge < -0.3 is 10.1 Å². The third kappa shape index (κ3) is 2.79. The molecule has 120 valence electrons. The first-order valence-electron chi connectivity index (χ1n) is 7.84. The second kappa shape index (κ2) is 6.30. The summed E-state index contributed by atoms with van der Waals surface area (Å²) in [7, 11) is 0. The molecule has 2 unspecified atom stereocenters. The van der Waals surface area contributed by atoms with Gasteiger partial charge in [0.1, 0.15) is 6.10 Å². The Morgan fingerprint density at radius 3 is 2.92 bits per heavy atom. The molecule has 0 fully saturated rings. The second-order valence-corrected chi connectivity index (χ2v) is 6.65. The molecule has 2 aromatic carbocycles. The summed E-state index contributed by atoms with van der Waals surface area (Å²) in [5.74, 6) is -0.138. The van der Waals surface area contributed by atoms with Gasteiger partial charge in [-0.25, -0.2) is 0 Å². The zero-order chi connectivity index (χ0) is 16.5. The van der Waals surface area contributed by atoms with Crippen molar-refractivity contribution in [2.45, 2.75) is 17.1 Å². The normalized spacial score (nSPS) is 21.0. The Hall–Kier alpha value is -2.30. The van der Waals surface area contributed by atoms with E-state index in [4.69, 9.17) is 4.74 Å². The van der Waals surface area contributed by atoms with Gasteiger partial charge in [0.25, 0.3) is 5.91 Å². The summed E-state index contributed by atoms with van der Waals surface area (Å²) < 4.78 is 5.92. The van der Waals surface area contributed by atoms with Crippen LogP contribution < -0.4 is 5.32 Å². The molecule has 24 heavy (non-hydrogen) atoms. The molecule has 0 aromatic heterocycles. The van der Waals surface area contributed by atoms with Crippen molar-refractivity contribution in [1.82, 2.24) is 0 Å². The first kappa shape index (κ1) is 15.2. The summed E-state index contributed by atoms with van der Waals surface area (Å²) in [6, 6.07) is 16.0. The number of anilines is 1. The highest BCUT2D eigenvalue weighted by Gasteiger charge is 2.33. The van der Waals surface area contributed by atoms with Gasteiger partial charge in [-0.1, -0.05) is 42.5 Å². The Labute approximate surface area is 145 Å². The van der Waals surface area contributed by atoms with Crippen molar-refractivity contribution in [3.05, 3.63) is 71.8 Å². The van der Waals surface area contributed by atoms with E-state index in [9.17, 15) is 4.79 Å². The van der Waals surface area contributed by atoms with E-state index in [0.29, 0.717) is 0 Å². The van der Waals surface area contributed by atoms with Crippen LogP contribution in [0.2, 0.25) is 0 Å². The fraction of sp³-hybridized carbons (Fsp3) is 0.150. The number of benzene rings is 2. The average molecular weight is 335 g/mol. The van der Waals surface area contributed by atoms with Crippen molar-refractivity contribution in [2.75, 3.05) is 11.6 Å². The minimum atomic E-state index is -0.571. The molecule has 4 heteroatoms. The van der Waals surface area contributed by atoms with Crippen LogP contribution in [0.1, 0.15) is 11.1 Å². The lowest BCUT2D eigenvalue weighted by Gasteiger charge is -2.18. The van der Waals surface area contributed by atoms with Gasteiger partial charge in [0.2, 0.25) is 0 Å². The van der Waals surface area contributed by atoms with E-state index >= 15 is 0 Å². The number of nitrogens with one attached hydrogen (secondary N) is 1. The number of thioether (sulfide) groups is 1. The fourth-order valence-electron chi connectivity index (χ4n) is 3.07. The highest BCUT2D eigenvalue weighted by molar-refractivity contribution is 7.98. The predicted octanol–water partition coefficient (Wildman–Crippen LogP) is 4.22. The Bertz CT molecular complexity index is 856. The molecule has 3 nitrogen and oxygen atoms in total. The van der Waals surface area contributed by atoms with E-state index in [0.717, 1.165) is 27.3 Å². The maximum atomic E-state index is 12.6. The molecular weight excluding hydrogens is 318 g/mol. The molecule has 0 spiro atoms. The molecule has 2 aliphatic rings. The molecule has 1 aliphatic heterocycles. The van der Waals surface area contributed by atoms with Crippen molar-refractivity contribution in [3.63, 3.8) is 0 Å². The molecule has 0 radical (unpaired) electrons. The molecule has 1 aliphatic carbocycles. The smallest absolute Gasteiger partial charge is 0.257 e. The molecule has 1 heterocycles. The summed E-state index contributed by atoms with van der Waals surface area (Å²) in [6.07, 6.45) is 7.29. The topological polar surface area (TPSA) is 38.3 Å². The van der Waals surface area contributed by atoms with Gasteiger partial charge in [-0.2, -0.15) is 0 Å². The molecule has 0 saturated carbocycles. The molecule has 1 N–H and O–H groups in total. The van der Waals surface area contributed by atoms with Crippen LogP contribution in [-0.2, 0) is 9.53 Å². The van der Waals surface area contributed by atoms with Gasteiger partial charge in [0.05, 0.1) is 0 Å². The van der Waals surface area contributed by atoms with Crippen LogP contribution in [0.3, 0.4) is 0 Å². The summed E-state index contributed by atoms with van der Waals surface area (Å²) in [6.45, 7) is 0. The maximum absolute atomic E-state index is 12.6. The van der Waals surface area contributed by atoms with Gasteiger partial charge in [-0.3, -0.25) is 4.79 Å². The number of rotatable bonds is 3. The van der Waals surface area contributed by atoms with Crippen LogP contribution in [0, 0.1) is 0 Å². The fourth-order valence-corrected chi connectivity index (χ4v) is 3.53. The Kier molecular flexibility index (Phi) is 4.00. The summed E-state index contributed by atoms with van der Waals surface area (Å²) in [5.41, 5.74) is 4.17.